The van der Waals surface area contributed by atoms with Gasteiger partial charge in [-0.25, -0.2) is 0 Å². The van der Waals surface area contributed by atoms with Crippen LogP contribution in [-0.2, 0) is 13.1 Å². The van der Waals surface area contributed by atoms with E-state index < -0.39 is 0 Å². The van der Waals surface area contributed by atoms with Gasteiger partial charge in [0.15, 0.2) is 0 Å². The van der Waals surface area contributed by atoms with Gasteiger partial charge in [0.25, 0.3) is 0 Å². The molecule has 21 heavy (non-hydrogen) atoms. The first kappa shape index (κ1) is 14.3. The zero-order valence-electron chi connectivity index (χ0n) is 11.5. The van der Waals surface area contributed by atoms with Gasteiger partial charge in [0, 0.05) is 13.1 Å². The molecule has 108 valence electrons. The fourth-order valence-corrected chi connectivity index (χ4v) is 2.90. The van der Waals surface area contributed by atoms with Crippen molar-refractivity contribution in [1.82, 2.24) is 9.80 Å². The SMILES string of the molecule is ClC1=C(Cl)N(Cc2ccccc2)CN1Cc1ccccc1. The quantitative estimate of drug-likeness (QED) is 0.762. The van der Waals surface area contributed by atoms with E-state index in [1.54, 1.807) is 0 Å². The Morgan fingerprint density at radius 1 is 0.667 bits per heavy atom. The first-order chi connectivity index (χ1) is 10.2. The molecular weight excluding hydrogens is 303 g/mol. The van der Waals surface area contributed by atoms with Crippen molar-refractivity contribution in [2.24, 2.45) is 0 Å². The van der Waals surface area contributed by atoms with E-state index in [0.717, 1.165) is 13.1 Å². The first-order valence-corrected chi connectivity index (χ1v) is 7.62. The summed E-state index contributed by atoms with van der Waals surface area (Å²) in [5.74, 6) is 0. The summed E-state index contributed by atoms with van der Waals surface area (Å²) in [6.45, 7) is 2.24. The highest BCUT2D eigenvalue weighted by Gasteiger charge is 2.26. The van der Waals surface area contributed by atoms with Crippen molar-refractivity contribution >= 4 is 23.2 Å². The topological polar surface area (TPSA) is 6.48 Å². The van der Waals surface area contributed by atoms with Crippen molar-refractivity contribution in [1.29, 1.82) is 0 Å². The fourth-order valence-electron chi connectivity index (χ4n) is 2.44. The smallest absolute Gasteiger partial charge is 0.142 e. The zero-order chi connectivity index (χ0) is 14.7. The molecule has 0 N–H and O–H groups in total. The Balaban J connectivity index is 1.70. The second-order valence-electron chi connectivity index (χ2n) is 5.09. The maximum atomic E-state index is 6.37. The summed E-state index contributed by atoms with van der Waals surface area (Å²) in [6.07, 6.45) is 0. The summed E-state index contributed by atoms with van der Waals surface area (Å²) in [6, 6.07) is 20.5. The van der Waals surface area contributed by atoms with Crippen molar-refractivity contribution in [2.75, 3.05) is 6.67 Å². The Morgan fingerprint density at radius 2 is 1.05 bits per heavy atom. The molecule has 3 rings (SSSR count). The monoisotopic (exact) mass is 318 g/mol. The van der Waals surface area contributed by atoms with Crippen molar-refractivity contribution in [3.63, 3.8) is 0 Å². The summed E-state index contributed by atoms with van der Waals surface area (Å²) in [5.41, 5.74) is 2.45. The van der Waals surface area contributed by atoms with Crippen LogP contribution in [-0.4, -0.2) is 16.5 Å². The van der Waals surface area contributed by atoms with Gasteiger partial charge in [-0.3, -0.25) is 0 Å². The maximum Gasteiger partial charge on any atom is 0.142 e. The lowest BCUT2D eigenvalue weighted by molar-refractivity contribution is 0.248. The molecule has 2 nitrogen and oxygen atoms in total. The Morgan fingerprint density at radius 3 is 1.43 bits per heavy atom. The molecule has 2 aromatic rings. The molecule has 1 heterocycles. The molecule has 0 bridgehead atoms. The molecule has 0 spiro atoms. The van der Waals surface area contributed by atoms with Crippen molar-refractivity contribution < 1.29 is 0 Å². The lowest BCUT2D eigenvalue weighted by Gasteiger charge is -2.22. The third kappa shape index (κ3) is 3.34. The molecule has 1 aliphatic heterocycles. The molecule has 0 radical (unpaired) electrons. The van der Waals surface area contributed by atoms with E-state index >= 15 is 0 Å². The number of nitrogens with zero attached hydrogens (tertiary/aromatic N) is 2. The average Bonchev–Trinajstić information content (AvgIpc) is 2.78. The molecule has 0 saturated heterocycles. The summed E-state index contributed by atoms with van der Waals surface area (Å²) in [7, 11) is 0. The van der Waals surface area contributed by atoms with E-state index in [4.69, 9.17) is 23.2 Å². The highest BCUT2D eigenvalue weighted by Crippen LogP contribution is 2.31. The van der Waals surface area contributed by atoms with Gasteiger partial charge in [-0.05, 0) is 11.1 Å². The molecule has 0 aliphatic carbocycles. The minimum Gasteiger partial charge on any atom is -0.338 e. The molecule has 0 atom stereocenters. The molecule has 4 heteroatoms. The van der Waals surface area contributed by atoms with Crippen LogP contribution in [0.5, 0.6) is 0 Å². The van der Waals surface area contributed by atoms with E-state index in [1.165, 1.54) is 11.1 Å². The number of benzene rings is 2. The largest absolute Gasteiger partial charge is 0.338 e. The molecule has 2 aromatic carbocycles. The molecule has 1 aliphatic rings. The van der Waals surface area contributed by atoms with Crippen molar-refractivity contribution in [3.05, 3.63) is 82.1 Å². The average molecular weight is 319 g/mol. The van der Waals surface area contributed by atoms with E-state index in [0.29, 0.717) is 17.0 Å². The molecule has 0 saturated carbocycles. The van der Waals surface area contributed by atoms with Crippen LogP contribution in [0.15, 0.2) is 71.0 Å². The standard InChI is InChI=1S/C17H16Cl2N2/c18-16-17(19)21(12-15-9-5-2-6-10-15)13-20(16)11-14-7-3-1-4-8-14/h1-10H,11-13H2. The Kier molecular flexibility index (Phi) is 4.37. The van der Waals surface area contributed by atoms with E-state index in [9.17, 15) is 0 Å². The molecule has 0 unspecified atom stereocenters. The molecule has 0 amide bonds. The van der Waals surface area contributed by atoms with Gasteiger partial charge in [-0.1, -0.05) is 83.9 Å². The third-order valence-electron chi connectivity index (χ3n) is 3.50. The normalized spacial score (nSPS) is 15.0. The van der Waals surface area contributed by atoms with E-state index in [1.807, 2.05) is 36.4 Å². The second-order valence-corrected chi connectivity index (χ2v) is 5.81. The second kappa shape index (κ2) is 6.42. The minimum atomic E-state index is 0.622. The number of halogens is 2. The van der Waals surface area contributed by atoms with Crippen LogP contribution in [0.2, 0.25) is 0 Å². The van der Waals surface area contributed by atoms with Gasteiger partial charge >= 0.3 is 0 Å². The van der Waals surface area contributed by atoms with Crippen LogP contribution in [0.3, 0.4) is 0 Å². The Labute approximate surface area is 135 Å². The van der Waals surface area contributed by atoms with Crippen molar-refractivity contribution in [2.45, 2.75) is 13.1 Å². The van der Waals surface area contributed by atoms with Crippen LogP contribution >= 0.6 is 23.2 Å². The Hall–Kier alpha value is -1.64. The summed E-state index contributed by atoms with van der Waals surface area (Å²) >= 11 is 12.7. The van der Waals surface area contributed by atoms with Gasteiger partial charge in [0.2, 0.25) is 0 Å². The van der Waals surface area contributed by atoms with Crippen LogP contribution in [0.4, 0.5) is 0 Å². The number of rotatable bonds is 4. The highest BCUT2D eigenvalue weighted by molar-refractivity contribution is 6.38. The Bertz CT molecular complexity index is 570. The van der Waals surface area contributed by atoms with E-state index in [2.05, 4.69) is 34.1 Å². The highest BCUT2D eigenvalue weighted by atomic mass is 35.5. The van der Waals surface area contributed by atoms with E-state index in [-0.39, 0.29) is 0 Å². The number of hydrogen-bond acceptors (Lipinski definition) is 2. The van der Waals surface area contributed by atoms with Crippen LogP contribution in [0, 0.1) is 0 Å². The number of hydrogen-bond donors (Lipinski definition) is 0. The summed E-state index contributed by atoms with van der Waals surface area (Å²) in [4.78, 5) is 4.17. The molecule has 0 fully saturated rings. The van der Waals surface area contributed by atoms with Gasteiger partial charge < -0.3 is 9.80 Å². The van der Waals surface area contributed by atoms with Crippen LogP contribution in [0.1, 0.15) is 11.1 Å². The van der Waals surface area contributed by atoms with Crippen molar-refractivity contribution in [3.8, 4) is 0 Å². The van der Waals surface area contributed by atoms with Gasteiger partial charge in [0.1, 0.15) is 10.3 Å². The zero-order valence-corrected chi connectivity index (χ0v) is 13.1. The van der Waals surface area contributed by atoms with Gasteiger partial charge in [0.05, 0.1) is 6.67 Å². The first-order valence-electron chi connectivity index (χ1n) is 6.87. The predicted octanol–water partition coefficient (Wildman–Crippen LogP) is 4.57. The lowest BCUT2D eigenvalue weighted by Crippen LogP contribution is -2.26. The van der Waals surface area contributed by atoms with Gasteiger partial charge in [-0.2, -0.15) is 0 Å². The minimum absolute atomic E-state index is 0.622. The summed E-state index contributed by atoms with van der Waals surface area (Å²) in [5, 5.41) is 1.24. The fraction of sp³-hybridized carbons (Fsp3) is 0.176. The molecular formula is C17H16Cl2N2. The molecule has 0 aromatic heterocycles. The van der Waals surface area contributed by atoms with Gasteiger partial charge in [-0.15, -0.1) is 0 Å². The van der Waals surface area contributed by atoms with Crippen LogP contribution < -0.4 is 0 Å². The maximum absolute atomic E-state index is 6.37. The predicted molar refractivity (Wildman–Crippen MR) is 87.6 cm³/mol. The third-order valence-corrected chi connectivity index (χ3v) is 4.43. The van der Waals surface area contributed by atoms with Crippen LogP contribution in [0.25, 0.3) is 0 Å². The lowest BCUT2D eigenvalue weighted by atomic mass is 10.2. The summed E-state index contributed by atoms with van der Waals surface area (Å²) < 4.78 is 0.